The molecule has 3 aromatic rings. The van der Waals surface area contributed by atoms with Crippen LogP contribution in [0.5, 0.6) is 0 Å². The van der Waals surface area contributed by atoms with Crippen LogP contribution in [-0.4, -0.2) is 39.4 Å². The number of pyridine rings is 1. The second-order valence-corrected chi connectivity index (χ2v) is 6.24. The van der Waals surface area contributed by atoms with Crippen LogP contribution in [0.3, 0.4) is 0 Å². The highest BCUT2D eigenvalue weighted by Crippen LogP contribution is 2.19. The molecule has 2 aromatic heterocycles. The number of aryl methyl sites for hydroxylation is 1. The molecule has 1 aromatic carbocycles. The second-order valence-electron chi connectivity index (χ2n) is 6.24. The van der Waals surface area contributed by atoms with Crippen molar-refractivity contribution in [1.29, 1.82) is 0 Å². The molecule has 7 heteroatoms. The first-order chi connectivity index (χ1) is 13.0. The van der Waals surface area contributed by atoms with Gasteiger partial charge in [0, 0.05) is 43.4 Å². The summed E-state index contributed by atoms with van der Waals surface area (Å²) in [5.74, 6) is -0.588. The van der Waals surface area contributed by atoms with Crippen LogP contribution in [0.4, 0.5) is 5.69 Å². The molecule has 2 amide bonds. The lowest BCUT2D eigenvalue weighted by Crippen LogP contribution is -2.32. The number of para-hydroxylation sites is 1. The van der Waals surface area contributed by atoms with Crippen LogP contribution in [-0.2, 0) is 7.05 Å². The third-order valence-corrected chi connectivity index (χ3v) is 4.56. The van der Waals surface area contributed by atoms with Gasteiger partial charge in [0.1, 0.15) is 5.69 Å². The van der Waals surface area contributed by atoms with Crippen LogP contribution in [0.2, 0.25) is 0 Å². The van der Waals surface area contributed by atoms with E-state index >= 15 is 0 Å². The third kappa shape index (κ3) is 3.48. The Morgan fingerprint density at radius 1 is 1.19 bits per heavy atom. The number of aromatic nitrogens is 2. The number of nitrogens with zero attached hydrogens (tertiary/aromatic N) is 2. The largest absolute Gasteiger partial charge is 0.360 e. The Kier molecular flexibility index (Phi) is 5.12. The first-order valence-corrected chi connectivity index (χ1v) is 8.83. The fraction of sp³-hybridized carbons (Fsp3) is 0.250. The Labute approximate surface area is 156 Å². The van der Waals surface area contributed by atoms with E-state index in [4.69, 9.17) is 0 Å². The molecule has 7 nitrogen and oxygen atoms in total. The van der Waals surface area contributed by atoms with Gasteiger partial charge in [-0.2, -0.15) is 0 Å². The van der Waals surface area contributed by atoms with Crippen LogP contribution >= 0.6 is 0 Å². The number of aromatic amines is 1. The van der Waals surface area contributed by atoms with Crippen molar-refractivity contribution in [2.75, 3.05) is 18.4 Å². The Bertz CT molecular complexity index is 1060. The number of carbonyl (C=O) groups is 2. The minimum absolute atomic E-state index is 0.0748. The monoisotopic (exact) mass is 366 g/mol. The van der Waals surface area contributed by atoms with E-state index in [9.17, 15) is 14.4 Å². The van der Waals surface area contributed by atoms with E-state index < -0.39 is 5.91 Å². The van der Waals surface area contributed by atoms with E-state index in [0.29, 0.717) is 24.2 Å². The zero-order valence-corrected chi connectivity index (χ0v) is 15.6. The Balaban J connectivity index is 1.95. The van der Waals surface area contributed by atoms with Gasteiger partial charge >= 0.3 is 0 Å². The average molecular weight is 366 g/mol. The quantitative estimate of drug-likeness (QED) is 0.728. The number of H-pyrrole nitrogens is 1. The predicted octanol–water partition coefficient (Wildman–Crippen LogP) is 2.60. The molecule has 0 fully saturated rings. The van der Waals surface area contributed by atoms with Crippen molar-refractivity contribution >= 4 is 28.4 Å². The lowest BCUT2D eigenvalue weighted by atomic mass is 10.1. The van der Waals surface area contributed by atoms with Crippen LogP contribution in [0.15, 0.2) is 47.5 Å². The Morgan fingerprint density at radius 3 is 2.59 bits per heavy atom. The van der Waals surface area contributed by atoms with Gasteiger partial charge in [0.25, 0.3) is 17.4 Å². The Hall–Kier alpha value is -3.35. The molecule has 0 unspecified atom stereocenters. The van der Waals surface area contributed by atoms with E-state index in [1.165, 1.54) is 16.8 Å². The maximum Gasteiger partial charge on any atom is 0.274 e. The van der Waals surface area contributed by atoms with E-state index in [1.807, 2.05) is 38.1 Å². The van der Waals surface area contributed by atoms with Crippen molar-refractivity contribution in [2.24, 2.45) is 7.05 Å². The first kappa shape index (κ1) is 18.4. The number of benzene rings is 1. The first-order valence-electron chi connectivity index (χ1n) is 8.83. The van der Waals surface area contributed by atoms with Gasteiger partial charge < -0.3 is 19.8 Å². The number of rotatable bonds is 5. The van der Waals surface area contributed by atoms with Gasteiger partial charge in [0.05, 0.1) is 11.1 Å². The fourth-order valence-electron chi connectivity index (χ4n) is 3.06. The molecule has 0 aliphatic carbocycles. The molecule has 2 N–H and O–H groups in total. The zero-order valence-electron chi connectivity index (χ0n) is 15.6. The molecule has 27 heavy (non-hydrogen) atoms. The van der Waals surface area contributed by atoms with Crippen molar-refractivity contribution in [3.63, 3.8) is 0 Å². The van der Waals surface area contributed by atoms with Gasteiger partial charge in [0.2, 0.25) is 0 Å². The van der Waals surface area contributed by atoms with Gasteiger partial charge in [-0.15, -0.1) is 0 Å². The number of amides is 2. The SMILES string of the molecule is CCN(CC)C(=O)c1cc(NC(=O)c2c[nH]c3ccccc23)c(=O)n(C)c1. The van der Waals surface area contributed by atoms with Gasteiger partial charge in [-0.25, -0.2) is 0 Å². The molecule has 0 radical (unpaired) electrons. The highest BCUT2D eigenvalue weighted by molar-refractivity contribution is 6.13. The molecule has 0 spiro atoms. The number of hydrogen-bond donors (Lipinski definition) is 2. The van der Waals surface area contributed by atoms with E-state index in [1.54, 1.807) is 18.1 Å². The number of fused-ring (bicyclic) bond motifs is 1. The van der Waals surface area contributed by atoms with E-state index in [2.05, 4.69) is 10.3 Å². The topological polar surface area (TPSA) is 87.2 Å². The molecule has 0 aliphatic rings. The van der Waals surface area contributed by atoms with Gasteiger partial charge in [-0.3, -0.25) is 14.4 Å². The van der Waals surface area contributed by atoms with Crippen molar-refractivity contribution in [3.8, 4) is 0 Å². The summed E-state index contributed by atoms with van der Waals surface area (Å²) in [5.41, 5.74) is 1.33. The second kappa shape index (κ2) is 7.49. The lowest BCUT2D eigenvalue weighted by molar-refractivity contribution is 0.0771. The van der Waals surface area contributed by atoms with Crippen molar-refractivity contribution in [1.82, 2.24) is 14.5 Å². The summed E-state index contributed by atoms with van der Waals surface area (Å²) in [6.07, 6.45) is 3.10. The minimum Gasteiger partial charge on any atom is -0.360 e. The average Bonchev–Trinajstić information content (AvgIpc) is 3.10. The van der Waals surface area contributed by atoms with Crippen LogP contribution in [0.25, 0.3) is 10.9 Å². The molecular weight excluding hydrogens is 344 g/mol. The van der Waals surface area contributed by atoms with Crippen LogP contribution in [0.1, 0.15) is 34.6 Å². The smallest absolute Gasteiger partial charge is 0.274 e. The molecule has 0 atom stereocenters. The van der Waals surface area contributed by atoms with Crippen LogP contribution < -0.4 is 10.9 Å². The third-order valence-electron chi connectivity index (χ3n) is 4.56. The van der Waals surface area contributed by atoms with Crippen LogP contribution in [0, 0.1) is 0 Å². The summed E-state index contributed by atoms with van der Waals surface area (Å²) in [5, 5.41) is 3.42. The van der Waals surface area contributed by atoms with Gasteiger partial charge in [-0.1, -0.05) is 18.2 Å². The molecule has 0 bridgehead atoms. The van der Waals surface area contributed by atoms with Gasteiger partial charge in [-0.05, 0) is 26.0 Å². The molecule has 140 valence electrons. The Morgan fingerprint density at radius 2 is 1.89 bits per heavy atom. The van der Waals surface area contributed by atoms with E-state index in [0.717, 1.165) is 10.9 Å². The number of anilines is 1. The summed E-state index contributed by atoms with van der Waals surface area (Å²) in [6.45, 7) is 4.91. The maximum absolute atomic E-state index is 12.7. The summed E-state index contributed by atoms with van der Waals surface area (Å²) in [7, 11) is 1.56. The molecule has 2 heterocycles. The number of nitrogens with one attached hydrogen (secondary N) is 2. The highest BCUT2D eigenvalue weighted by atomic mass is 16.2. The summed E-state index contributed by atoms with van der Waals surface area (Å²) in [4.78, 5) is 42.4. The highest BCUT2D eigenvalue weighted by Gasteiger charge is 2.18. The van der Waals surface area contributed by atoms with E-state index in [-0.39, 0.29) is 17.2 Å². The number of carbonyl (C=O) groups excluding carboxylic acids is 2. The normalized spacial score (nSPS) is 10.8. The maximum atomic E-state index is 12.7. The molecular formula is C20H22N4O3. The number of hydrogen-bond acceptors (Lipinski definition) is 3. The molecule has 0 aliphatic heterocycles. The van der Waals surface area contributed by atoms with Crippen molar-refractivity contribution in [2.45, 2.75) is 13.8 Å². The molecule has 0 saturated carbocycles. The molecule has 3 rings (SSSR count). The fourth-order valence-corrected chi connectivity index (χ4v) is 3.06. The summed E-state index contributed by atoms with van der Waals surface area (Å²) < 4.78 is 1.31. The molecule has 0 saturated heterocycles. The lowest BCUT2D eigenvalue weighted by Gasteiger charge is -2.19. The predicted molar refractivity (Wildman–Crippen MR) is 105 cm³/mol. The van der Waals surface area contributed by atoms with Crippen molar-refractivity contribution in [3.05, 3.63) is 64.2 Å². The standard InChI is InChI=1S/C20H22N4O3/c1-4-24(5-2)19(26)13-10-17(20(27)23(3)12-13)22-18(25)15-11-21-16-9-7-6-8-14(15)16/h6-12,21H,4-5H2,1-3H3,(H,22,25). The zero-order chi connectivity index (χ0) is 19.6. The van der Waals surface area contributed by atoms with Gasteiger partial charge in [0.15, 0.2) is 0 Å². The minimum atomic E-state index is -0.406. The summed E-state index contributed by atoms with van der Waals surface area (Å²) in [6, 6.07) is 8.86. The summed E-state index contributed by atoms with van der Waals surface area (Å²) >= 11 is 0. The van der Waals surface area contributed by atoms with Crippen molar-refractivity contribution < 1.29 is 9.59 Å².